The van der Waals surface area contributed by atoms with Crippen LogP contribution in [0.1, 0.15) is 101 Å². The van der Waals surface area contributed by atoms with Gasteiger partial charge in [-0.2, -0.15) is 0 Å². The van der Waals surface area contributed by atoms with E-state index in [9.17, 15) is 48.6 Å². The van der Waals surface area contributed by atoms with Gasteiger partial charge in [0.2, 0.25) is 0 Å². The lowest BCUT2D eigenvalue weighted by Crippen LogP contribution is -2.48. The molecule has 89 heavy (non-hydrogen) atoms. The number of para-hydroxylation sites is 4. The van der Waals surface area contributed by atoms with Crippen LogP contribution >= 0.6 is 0 Å². The molecule has 8 amide bonds. The molecule has 1 aliphatic carbocycles. The number of aromatic amines is 2. The normalized spacial score (nSPS) is 12.7. The fraction of sp³-hybridized carbons (Fsp3) is 0.292. The van der Waals surface area contributed by atoms with Crippen molar-refractivity contribution in [2.24, 2.45) is 0 Å². The molecule has 1 fully saturated rings. The van der Waals surface area contributed by atoms with E-state index in [1.807, 2.05) is 74.5 Å². The summed E-state index contributed by atoms with van der Waals surface area (Å²) < 4.78 is 10.2. The molecule has 0 spiro atoms. The van der Waals surface area contributed by atoms with E-state index in [0.29, 0.717) is 17.2 Å². The van der Waals surface area contributed by atoms with Gasteiger partial charge in [0, 0.05) is 49.4 Å². The van der Waals surface area contributed by atoms with Gasteiger partial charge in [0.25, 0.3) is 11.8 Å². The Morgan fingerprint density at radius 1 is 0.494 bits per heavy atom. The molecule has 9 rings (SSSR count). The van der Waals surface area contributed by atoms with E-state index in [-0.39, 0.29) is 82.2 Å². The molecule has 2 unspecified atom stereocenters. The van der Waals surface area contributed by atoms with E-state index < -0.39 is 48.0 Å². The highest BCUT2D eigenvalue weighted by Gasteiger charge is 2.26. The van der Waals surface area contributed by atoms with Crippen molar-refractivity contribution in [3.63, 3.8) is 0 Å². The third-order valence-electron chi connectivity index (χ3n) is 14.2. The summed E-state index contributed by atoms with van der Waals surface area (Å²) in [5.74, 6) is -2.36. The lowest BCUT2D eigenvalue weighted by Gasteiger charge is -2.28. The number of carboxylic acids is 2. The first-order valence-corrected chi connectivity index (χ1v) is 29.1. The van der Waals surface area contributed by atoms with Gasteiger partial charge in [-0.15, -0.1) is 0 Å². The van der Waals surface area contributed by atoms with Crippen LogP contribution in [0.5, 0.6) is 0 Å². The Kier molecular flexibility index (Phi) is 23.2. The van der Waals surface area contributed by atoms with E-state index in [1.165, 1.54) is 6.42 Å². The second kappa shape index (κ2) is 32.1. The highest BCUT2D eigenvalue weighted by Crippen LogP contribution is 2.21. The number of aliphatic carboxylic acids is 2. The molecule has 0 aliphatic heterocycles. The first-order chi connectivity index (χ1) is 43.0. The monoisotopic (exact) mass is 1210 g/mol. The fourth-order valence-corrected chi connectivity index (χ4v) is 9.54. The van der Waals surface area contributed by atoms with E-state index in [0.717, 1.165) is 70.0 Å². The Bertz CT molecular complexity index is 3600. The number of alkyl carbamates (subject to hydrolysis) is 2. The average molecular weight is 1210 g/mol. The molecular formula is C65H72N12O12. The third kappa shape index (κ3) is 20.2. The number of carbonyl (C=O) groups excluding carboxylic acids is 6. The van der Waals surface area contributed by atoms with Crippen molar-refractivity contribution in [3.8, 4) is 0 Å². The zero-order valence-electron chi connectivity index (χ0n) is 49.3. The van der Waals surface area contributed by atoms with Crippen LogP contribution < -0.4 is 31.9 Å². The number of fused-ring (bicyclic) bond motifs is 2. The summed E-state index contributed by atoms with van der Waals surface area (Å²) in [6.07, 6.45) is 3.48. The molecule has 464 valence electrons. The van der Waals surface area contributed by atoms with E-state index in [4.69, 9.17) is 9.47 Å². The number of ether oxygens (including phenoxy) is 2. The molecule has 0 saturated heterocycles. The summed E-state index contributed by atoms with van der Waals surface area (Å²) in [5, 5.41) is 34.7. The number of amides is 8. The molecule has 1 saturated carbocycles. The first-order valence-electron chi connectivity index (χ1n) is 29.1. The fourth-order valence-electron chi connectivity index (χ4n) is 9.54. The first kappa shape index (κ1) is 64.2. The zero-order valence-corrected chi connectivity index (χ0v) is 49.3. The van der Waals surface area contributed by atoms with Crippen molar-refractivity contribution < 1.29 is 58.0 Å². The van der Waals surface area contributed by atoms with Gasteiger partial charge in [-0.25, -0.2) is 38.7 Å². The molecule has 8 aromatic rings. The number of nitrogens with zero attached hydrogens (tertiary/aromatic N) is 4. The van der Waals surface area contributed by atoms with Crippen molar-refractivity contribution >= 4 is 70.1 Å². The SMILES string of the molecule is CC(C)NC(=O)N(Cc1ccc(C(=O)NCC(NC(=O)OCc2ccccc2)C(=O)O)cc1)Cc1nc2ccccc2[nH]1.O=C(NC(CNC(=O)c1ccc(CN(Cc2nc3ccccc3[nH]2)C(=O)NC2CCCCC2)cc1)C(=O)O)OCc1ccccc1. The number of imidazole rings is 2. The number of benzene rings is 6. The number of urea groups is 2. The maximum atomic E-state index is 13.4. The molecule has 24 heteroatoms. The van der Waals surface area contributed by atoms with Gasteiger partial charge in [-0.1, -0.05) is 128 Å². The minimum Gasteiger partial charge on any atom is -0.480 e. The highest BCUT2D eigenvalue weighted by molar-refractivity contribution is 5.95. The van der Waals surface area contributed by atoms with Gasteiger partial charge >= 0.3 is 36.2 Å². The predicted molar refractivity (Wildman–Crippen MR) is 330 cm³/mol. The van der Waals surface area contributed by atoms with Gasteiger partial charge in [-0.05, 0) is 97.5 Å². The molecule has 24 nitrogen and oxygen atoms in total. The number of H-pyrrole nitrogens is 2. The van der Waals surface area contributed by atoms with Crippen LogP contribution in [0.15, 0.2) is 158 Å². The summed E-state index contributed by atoms with van der Waals surface area (Å²) in [4.78, 5) is 119. The summed E-state index contributed by atoms with van der Waals surface area (Å²) >= 11 is 0. The van der Waals surface area contributed by atoms with Gasteiger partial charge in [-0.3, -0.25) is 9.59 Å². The Balaban J connectivity index is 0.000000231. The lowest BCUT2D eigenvalue weighted by atomic mass is 9.96. The van der Waals surface area contributed by atoms with Crippen LogP contribution in [0.2, 0.25) is 0 Å². The Labute approximate surface area is 513 Å². The maximum absolute atomic E-state index is 13.4. The minimum atomic E-state index is -1.39. The molecule has 2 atom stereocenters. The topological polar surface area (TPSA) is 332 Å². The van der Waals surface area contributed by atoms with Crippen LogP contribution in [0.25, 0.3) is 22.1 Å². The van der Waals surface area contributed by atoms with Crippen molar-refractivity contribution in [2.75, 3.05) is 13.1 Å². The quantitative estimate of drug-likeness (QED) is 0.0271. The number of rotatable bonds is 24. The Morgan fingerprint density at radius 2 is 0.899 bits per heavy atom. The van der Waals surface area contributed by atoms with Gasteiger partial charge in [0.1, 0.15) is 36.9 Å². The molecule has 0 radical (unpaired) electrons. The van der Waals surface area contributed by atoms with Crippen LogP contribution in [0.4, 0.5) is 19.2 Å². The summed E-state index contributed by atoms with van der Waals surface area (Å²) in [6.45, 7) is 4.08. The molecule has 2 heterocycles. The highest BCUT2D eigenvalue weighted by atomic mass is 16.6. The van der Waals surface area contributed by atoms with E-state index >= 15 is 0 Å². The molecule has 2 aromatic heterocycles. The summed E-state index contributed by atoms with van der Waals surface area (Å²) in [7, 11) is 0. The standard InChI is InChI=1S/C34H38N6O6.C31H34N6O6/c41-31(35-19-29(32(42)43)39-34(45)46-22-24-9-3-1-4-10-24)25-17-15-23(16-18-25)20-40(33(44)36-26-11-5-2-6-12-26)21-30-37-27-13-7-8-14-28(27)38-30;1-20(2)33-30(41)37(18-27-34-24-10-6-7-11-25(24)35-27)17-21-12-14-23(15-13-21)28(38)32-16-26(29(39)40)36-31(42)43-19-22-8-4-3-5-9-22/h1,3-4,7-10,13-18,26,29H,2,5-6,11-12,19-22H2,(H,35,41)(H,36,44)(H,37,38)(H,39,45)(H,42,43);3-15,20,26H,16-19H2,1-2H3,(H,32,38)(H,33,41)(H,34,35)(H,36,42)(H,39,40). The average Bonchev–Trinajstić information content (AvgIpc) is 4.36. The molecule has 6 aromatic carbocycles. The van der Waals surface area contributed by atoms with E-state index in [1.54, 1.807) is 107 Å². The van der Waals surface area contributed by atoms with Crippen LogP contribution in [0, 0.1) is 0 Å². The summed E-state index contributed by atoms with van der Waals surface area (Å²) in [5.41, 5.74) is 7.07. The van der Waals surface area contributed by atoms with Crippen molar-refractivity contribution in [2.45, 2.75) is 110 Å². The molecule has 1 aliphatic rings. The Morgan fingerprint density at radius 3 is 1.30 bits per heavy atom. The van der Waals surface area contributed by atoms with Crippen molar-refractivity contribution in [3.05, 3.63) is 203 Å². The largest absolute Gasteiger partial charge is 0.480 e. The third-order valence-corrected chi connectivity index (χ3v) is 14.2. The van der Waals surface area contributed by atoms with Gasteiger partial charge < -0.3 is 71.4 Å². The van der Waals surface area contributed by atoms with Crippen molar-refractivity contribution in [1.29, 1.82) is 0 Å². The smallest absolute Gasteiger partial charge is 0.408 e. The minimum absolute atomic E-state index is 0.0182. The van der Waals surface area contributed by atoms with Crippen LogP contribution in [-0.2, 0) is 58.5 Å². The van der Waals surface area contributed by atoms with Crippen molar-refractivity contribution in [1.82, 2.24) is 61.6 Å². The second-order valence-electron chi connectivity index (χ2n) is 21.5. The zero-order chi connectivity index (χ0) is 63.1. The number of nitrogens with one attached hydrogen (secondary N) is 8. The molecule has 0 bridgehead atoms. The summed E-state index contributed by atoms with van der Waals surface area (Å²) in [6, 6.07) is 43.4. The van der Waals surface area contributed by atoms with Crippen LogP contribution in [0.3, 0.4) is 0 Å². The Hall–Kier alpha value is -10.8. The molecule has 10 N–H and O–H groups in total. The van der Waals surface area contributed by atoms with Crippen LogP contribution in [-0.4, -0.2) is 125 Å². The number of aromatic nitrogens is 4. The molecular weight excluding hydrogens is 1140 g/mol. The number of carbonyl (C=O) groups is 8. The lowest BCUT2D eigenvalue weighted by molar-refractivity contribution is -0.140. The van der Waals surface area contributed by atoms with E-state index in [2.05, 4.69) is 51.8 Å². The second-order valence-corrected chi connectivity index (χ2v) is 21.5. The van der Waals surface area contributed by atoms with Gasteiger partial charge in [0.05, 0.1) is 35.2 Å². The maximum Gasteiger partial charge on any atom is 0.408 e. The number of carboxylic acid groups (broad SMARTS) is 2. The van der Waals surface area contributed by atoms with Gasteiger partial charge in [0.15, 0.2) is 0 Å². The predicted octanol–water partition coefficient (Wildman–Crippen LogP) is 8.51. The number of hydrogen-bond donors (Lipinski definition) is 10. The number of hydrogen-bond acceptors (Lipinski definition) is 12.